The van der Waals surface area contributed by atoms with Crippen molar-refractivity contribution in [2.24, 2.45) is 11.1 Å². The summed E-state index contributed by atoms with van der Waals surface area (Å²) in [6.07, 6.45) is 8.44. The molecule has 1 spiro atoms. The van der Waals surface area contributed by atoms with Gasteiger partial charge in [-0.15, -0.1) is 0 Å². The number of amides is 1. The van der Waals surface area contributed by atoms with Crippen molar-refractivity contribution in [2.45, 2.75) is 51.0 Å². The average molecular weight is 286 g/mol. The normalized spacial score (nSPS) is 22.4. The number of hydrogen-bond donors (Lipinski definition) is 1. The van der Waals surface area contributed by atoms with E-state index < -0.39 is 6.04 Å². The van der Waals surface area contributed by atoms with Crippen LogP contribution in [0.2, 0.25) is 0 Å². The summed E-state index contributed by atoms with van der Waals surface area (Å²) in [5.41, 5.74) is 7.72. The van der Waals surface area contributed by atoms with Crippen LogP contribution < -0.4 is 5.73 Å². The van der Waals surface area contributed by atoms with Crippen molar-refractivity contribution < 1.29 is 4.79 Å². The third-order valence-electron chi connectivity index (χ3n) is 5.28. The highest BCUT2D eigenvalue weighted by Gasteiger charge is 2.41. The molecule has 2 N–H and O–H groups in total. The first kappa shape index (κ1) is 14.6. The smallest absolute Gasteiger partial charge is 0.239 e. The molecule has 1 amide bonds. The number of benzene rings is 1. The van der Waals surface area contributed by atoms with Crippen LogP contribution in [-0.4, -0.2) is 29.9 Å². The molecule has 3 heteroatoms. The van der Waals surface area contributed by atoms with Gasteiger partial charge in [0.05, 0.1) is 6.04 Å². The second-order valence-electron chi connectivity index (χ2n) is 6.87. The summed E-state index contributed by atoms with van der Waals surface area (Å²) in [4.78, 5) is 14.6. The molecule has 3 nitrogen and oxygen atoms in total. The monoisotopic (exact) mass is 286 g/mol. The van der Waals surface area contributed by atoms with Crippen molar-refractivity contribution >= 4 is 5.91 Å². The Kier molecular flexibility index (Phi) is 4.29. The van der Waals surface area contributed by atoms with E-state index in [2.05, 4.69) is 0 Å². The zero-order valence-corrected chi connectivity index (χ0v) is 12.8. The molecule has 1 heterocycles. The van der Waals surface area contributed by atoms with Crippen LogP contribution in [0.4, 0.5) is 0 Å². The van der Waals surface area contributed by atoms with Gasteiger partial charge in [0.25, 0.3) is 0 Å². The van der Waals surface area contributed by atoms with Gasteiger partial charge < -0.3 is 10.6 Å². The van der Waals surface area contributed by atoms with E-state index >= 15 is 0 Å². The van der Waals surface area contributed by atoms with Gasteiger partial charge in [0, 0.05) is 13.1 Å². The van der Waals surface area contributed by atoms with Gasteiger partial charge in [0.2, 0.25) is 5.91 Å². The van der Waals surface area contributed by atoms with E-state index in [1.165, 1.54) is 38.5 Å². The minimum atomic E-state index is -0.397. The molecule has 1 saturated heterocycles. The Labute approximate surface area is 127 Å². The molecule has 1 saturated carbocycles. The largest absolute Gasteiger partial charge is 0.341 e. The van der Waals surface area contributed by atoms with Crippen LogP contribution in [0.25, 0.3) is 0 Å². The third-order valence-corrected chi connectivity index (χ3v) is 5.28. The summed E-state index contributed by atoms with van der Waals surface area (Å²) in [5.74, 6) is 0.140. The third kappa shape index (κ3) is 3.29. The fourth-order valence-corrected chi connectivity index (χ4v) is 4.02. The molecule has 0 bridgehead atoms. The van der Waals surface area contributed by atoms with Crippen LogP contribution in [0.3, 0.4) is 0 Å². The molecule has 21 heavy (non-hydrogen) atoms. The predicted octanol–water partition coefficient (Wildman–Crippen LogP) is 2.74. The first-order chi connectivity index (χ1) is 10.2. The Bertz CT molecular complexity index is 479. The van der Waals surface area contributed by atoms with Crippen molar-refractivity contribution in [2.75, 3.05) is 13.1 Å². The molecular formula is C18H26N2O. The standard InChI is InChI=1S/C18H26N2O/c19-16(13-15-7-3-1-4-8-15)17(21)20-12-11-18(14-20)9-5-2-6-10-18/h1,3-4,7-8,16H,2,5-6,9-14,19H2/t16-/m0/s1. The predicted molar refractivity (Wildman–Crippen MR) is 84.8 cm³/mol. The fourth-order valence-electron chi connectivity index (χ4n) is 4.02. The molecule has 2 aliphatic rings. The molecule has 1 aromatic carbocycles. The molecule has 1 aliphatic heterocycles. The zero-order valence-electron chi connectivity index (χ0n) is 12.8. The number of rotatable bonds is 3. The van der Waals surface area contributed by atoms with Crippen LogP contribution in [0, 0.1) is 5.41 Å². The molecule has 3 rings (SSSR count). The topological polar surface area (TPSA) is 46.3 Å². The van der Waals surface area contributed by atoms with Crippen molar-refractivity contribution in [3.63, 3.8) is 0 Å². The second kappa shape index (κ2) is 6.18. The lowest BCUT2D eigenvalue weighted by Gasteiger charge is -2.33. The number of likely N-dealkylation sites (tertiary alicyclic amines) is 1. The van der Waals surface area contributed by atoms with E-state index in [0.29, 0.717) is 11.8 Å². The Balaban J connectivity index is 1.58. The van der Waals surface area contributed by atoms with Gasteiger partial charge in [-0.05, 0) is 36.7 Å². The van der Waals surface area contributed by atoms with Crippen molar-refractivity contribution in [3.8, 4) is 0 Å². The highest BCUT2D eigenvalue weighted by molar-refractivity contribution is 5.82. The Hall–Kier alpha value is -1.35. The van der Waals surface area contributed by atoms with E-state index in [1.54, 1.807) is 0 Å². The van der Waals surface area contributed by atoms with Gasteiger partial charge in [-0.1, -0.05) is 49.6 Å². The summed E-state index contributed by atoms with van der Waals surface area (Å²) in [7, 11) is 0. The molecule has 1 atom stereocenters. The maximum absolute atomic E-state index is 12.6. The van der Waals surface area contributed by atoms with E-state index in [4.69, 9.17) is 5.73 Å². The quantitative estimate of drug-likeness (QED) is 0.928. The first-order valence-corrected chi connectivity index (χ1v) is 8.27. The highest BCUT2D eigenvalue weighted by atomic mass is 16.2. The highest BCUT2D eigenvalue weighted by Crippen LogP contribution is 2.43. The summed E-state index contributed by atoms with van der Waals surface area (Å²) in [5, 5.41) is 0. The van der Waals surface area contributed by atoms with Crippen molar-refractivity contribution in [1.29, 1.82) is 0 Å². The molecule has 0 radical (unpaired) electrons. The number of nitrogens with zero attached hydrogens (tertiary/aromatic N) is 1. The van der Waals surface area contributed by atoms with Crippen LogP contribution in [0.15, 0.2) is 30.3 Å². The molecule has 1 aliphatic carbocycles. The summed E-state index contributed by atoms with van der Waals surface area (Å²) in [6, 6.07) is 9.67. The molecular weight excluding hydrogens is 260 g/mol. The van der Waals surface area contributed by atoms with Gasteiger partial charge in [-0.2, -0.15) is 0 Å². The van der Waals surface area contributed by atoms with E-state index in [9.17, 15) is 4.79 Å². The number of hydrogen-bond acceptors (Lipinski definition) is 2. The van der Waals surface area contributed by atoms with Crippen LogP contribution in [-0.2, 0) is 11.2 Å². The Morgan fingerprint density at radius 2 is 1.86 bits per heavy atom. The fraction of sp³-hybridized carbons (Fsp3) is 0.611. The Morgan fingerprint density at radius 3 is 2.57 bits per heavy atom. The number of carbonyl (C=O) groups is 1. The average Bonchev–Trinajstić information content (AvgIpc) is 2.92. The minimum Gasteiger partial charge on any atom is -0.341 e. The first-order valence-electron chi connectivity index (χ1n) is 8.27. The maximum atomic E-state index is 12.6. The van der Waals surface area contributed by atoms with Crippen LogP contribution in [0.1, 0.15) is 44.1 Å². The molecule has 1 aromatic rings. The van der Waals surface area contributed by atoms with Gasteiger partial charge in [0.1, 0.15) is 0 Å². The molecule has 0 unspecified atom stereocenters. The number of carbonyl (C=O) groups excluding carboxylic acids is 1. The minimum absolute atomic E-state index is 0.140. The van der Waals surface area contributed by atoms with E-state index in [-0.39, 0.29) is 5.91 Å². The lowest BCUT2D eigenvalue weighted by atomic mass is 9.73. The lowest BCUT2D eigenvalue weighted by molar-refractivity contribution is -0.132. The summed E-state index contributed by atoms with van der Waals surface area (Å²) < 4.78 is 0. The summed E-state index contributed by atoms with van der Waals surface area (Å²) in [6.45, 7) is 1.84. The molecule has 114 valence electrons. The van der Waals surface area contributed by atoms with Gasteiger partial charge in [-0.25, -0.2) is 0 Å². The van der Waals surface area contributed by atoms with E-state index in [1.807, 2.05) is 35.2 Å². The SMILES string of the molecule is N[C@@H](Cc1ccccc1)C(=O)N1CCC2(CCCCC2)C1. The van der Waals surface area contributed by atoms with Gasteiger partial charge >= 0.3 is 0 Å². The Morgan fingerprint density at radius 1 is 1.14 bits per heavy atom. The second-order valence-corrected chi connectivity index (χ2v) is 6.87. The maximum Gasteiger partial charge on any atom is 0.239 e. The number of nitrogens with two attached hydrogens (primary N) is 1. The summed E-state index contributed by atoms with van der Waals surface area (Å²) >= 11 is 0. The molecule has 0 aromatic heterocycles. The van der Waals surface area contributed by atoms with E-state index in [0.717, 1.165) is 18.7 Å². The zero-order chi connectivity index (χ0) is 14.7. The van der Waals surface area contributed by atoms with Gasteiger partial charge in [-0.3, -0.25) is 4.79 Å². The lowest BCUT2D eigenvalue weighted by Crippen LogP contribution is -2.44. The molecule has 2 fully saturated rings. The van der Waals surface area contributed by atoms with Crippen molar-refractivity contribution in [1.82, 2.24) is 4.90 Å². The van der Waals surface area contributed by atoms with Gasteiger partial charge in [0.15, 0.2) is 0 Å². The van der Waals surface area contributed by atoms with Crippen LogP contribution in [0.5, 0.6) is 0 Å². The van der Waals surface area contributed by atoms with Crippen LogP contribution >= 0.6 is 0 Å². The van der Waals surface area contributed by atoms with Crippen molar-refractivity contribution in [3.05, 3.63) is 35.9 Å².